The van der Waals surface area contributed by atoms with E-state index in [4.69, 9.17) is 24.5 Å². The molecule has 0 saturated carbocycles. The number of para-hydroxylation sites is 1. The number of aliphatic carboxylic acids is 2. The number of fused-ring (bicyclic) bond motifs is 2. The molecule has 35 heavy (non-hydrogen) atoms. The molecule has 0 aliphatic carbocycles. The van der Waals surface area contributed by atoms with E-state index in [0.717, 1.165) is 35.4 Å². The van der Waals surface area contributed by atoms with E-state index in [9.17, 15) is 26.3 Å². The lowest BCUT2D eigenvalue weighted by molar-refractivity contribution is -0.193. The highest BCUT2D eigenvalue weighted by atomic mass is 19.4. The molecule has 0 fully saturated rings. The normalized spacial score (nSPS) is 13.1. The molecule has 0 saturated heterocycles. The molecule has 1 aliphatic heterocycles. The lowest BCUT2D eigenvalue weighted by atomic mass is 9.98. The Kier molecular flexibility index (Phi) is 9.00. The topological polar surface area (TPSA) is 109 Å². The molecule has 2 heterocycles. The number of pyridine rings is 1. The maximum atomic E-state index is 10.6. The van der Waals surface area contributed by atoms with Crippen LogP contribution < -0.4 is 10.1 Å². The van der Waals surface area contributed by atoms with E-state index in [1.54, 1.807) is 0 Å². The predicted octanol–water partition coefficient (Wildman–Crippen LogP) is 4.65. The van der Waals surface area contributed by atoms with Crippen molar-refractivity contribution < 1.29 is 50.9 Å². The molecular weight excluding hydrogens is 486 g/mol. The van der Waals surface area contributed by atoms with Crippen LogP contribution in [0.15, 0.2) is 54.9 Å². The number of carboxylic acid groups (broad SMARTS) is 2. The van der Waals surface area contributed by atoms with Crippen LogP contribution in [0, 0.1) is 0 Å². The number of hydrogen-bond acceptors (Lipinski definition) is 5. The van der Waals surface area contributed by atoms with Crippen LogP contribution in [0.25, 0.3) is 21.9 Å². The number of aromatic nitrogens is 1. The van der Waals surface area contributed by atoms with Crippen LogP contribution in [-0.4, -0.2) is 52.6 Å². The van der Waals surface area contributed by atoms with Gasteiger partial charge in [-0.25, -0.2) is 9.59 Å². The minimum absolute atomic E-state index is 0.697. The molecule has 0 spiro atoms. The van der Waals surface area contributed by atoms with E-state index in [-0.39, 0.29) is 0 Å². The van der Waals surface area contributed by atoms with Crippen LogP contribution >= 0.6 is 0 Å². The highest BCUT2D eigenvalue weighted by Gasteiger charge is 2.38. The Morgan fingerprint density at radius 3 is 2.06 bits per heavy atom. The summed E-state index contributed by atoms with van der Waals surface area (Å²) in [5.74, 6) is -4.53. The van der Waals surface area contributed by atoms with Crippen LogP contribution in [0.4, 0.5) is 26.3 Å². The minimum atomic E-state index is -5.08. The van der Waals surface area contributed by atoms with Crippen LogP contribution in [0.1, 0.15) is 5.56 Å². The zero-order chi connectivity index (χ0) is 26.2. The Morgan fingerprint density at radius 1 is 0.857 bits per heavy atom. The van der Waals surface area contributed by atoms with Crippen molar-refractivity contribution in [2.45, 2.75) is 18.9 Å². The van der Waals surface area contributed by atoms with Gasteiger partial charge in [-0.05, 0) is 5.39 Å². The Bertz CT molecular complexity index is 1150. The number of ether oxygens (including phenoxy) is 1. The number of nitrogens with one attached hydrogen (secondary N) is 1. The van der Waals surface area contributed by atoms with Gasteiger partial charge >= 0.3 is 24.3 Å². The van der Waals surface area contributed by atoms with Gasteiger partial charge in [-0.2, -0.15) is 26.3 Å². The first-order valence-electron chi connectivity index (χ1n) is 9.71. The van der Waals surface area contributed by atoms with Crippen molar-refractivity contribution in [3.8, 4) is 16.9 Å². The first-order chi connectivity index (χ1) is 16.3. The summed E-state index contributed by atoms with van der Waals surface area (Å²) in [6, 6.07) is 14.7. The van der Waals surface area contributed by atoms with Crippen LogP contribution in [-0.2, 0) is 16.1 Å². The number of alkyl halides is 6. The number of benzene rings is 2. The van der Waals surface area contributed by atoms with Gasteiger partial charge in [0.2, 0.25) is 0 Å². The molecule has 0 amide bonds. The fourth-order valence-electron chi connectivity index (χ4n) is 2.89. The third-order valence-electron chi connectivity index (χ3n) is 4.38. The molecule has 0 bridgehead atoms. The van der Waals surface area contributed by atoms with E-state index >= 15 is 0 Å². The van der Waals surface area contributed by atoms with E-state index in [1.807, 2.05) is 18.5 Å². The molecule has 0 radical (unpaired) electrons. The summed E-state index contributed by atoms with van der Waals surface area (Å²) < 4.78 is 69.5. The standard InChI is InChI=1S/C18H16N2O.2C2HF3O2/c1-2-6-15-13(4-1)10-20-12-17(15)16-7-3-5-14-11-19-8-9-21-18(14)16;2*3-2(4,5)1(6)7/h1-7,10,12,19H,8-9,11H2;2*(H,6,7). The van der Waals surface area contributed by atoms with Crippen molar-refractivity contribution in [1.82, 2.24) is 10.3 Å². The number of hydrogen-bond donors (Lipinski definition) is 3. The summed E-state index contributed by atoms with van der Waals surface area (Å²) in [6.07, 6.45) is -6.33. The average molecular weight is 504 g/mol. The van der Waals surface area contributed by atoms with Crippen LogP contribution in [0.5, 0.6) is 5.75 Å². The largest absolute Gasteiger partial charge is 0.491 e. The lowest BCUT2D eigenvalue weighted by Crippen LogP contribution is -2.21. The predicted molar refractivity (Wildman–Crippen MR) is 112 cm³/mol. The van der Waals surface area contributed by atoms with Crippen molar-refractivity contribution in [3.05, 3.63) is 60.4 Å². The zero-order valence-corrected chi connectivity index (χ0v) is 17.7. The Balaban J connectivity index is 0.000000257. The number of rotatable bonds is 1. The first kappa shape index (κ1) is 27.4. The average Bonchev–Trinajstić information content (AvgIpc) is 3.04. The van der Waals surface area contributed by atoms with Crippen molar-refractivity contribution in [1.29, 1.82) is 0 Å². The highest BCUT2D eigenvalue weighted by molar-refractivity contribution is 5.97. The van der Waals surface area contributed by atoms with Gasteiger partial charge in [-0.15, -0.1) is 0 Å². The van der Waals surface area contributed by atoms with Crippen molar-refractivity contribution in [3.63, 3.8) is 0 Å². The highest BCUT2D eigenvalue weighted by Crippen LogP contribution is 2.37. The van der Waals surface area contributed by atoms with Gasteiger partial charge < -0.3 is 20.3 Å². The summed E-state index contributed by atoms with van der Waals surface area (Å²) >= 11 is 0. The summed E-state index contributed by atoms with van der Waals surface area (Å²) in [5.41, 5.74) is 3.46. The summed E-state index contributed by atoms with van der Waals surface area (Å²) in [6.45, 7) is 2.42. The van der Waals surface area contributed by atoms with E-state index in [2.05, 4.69) is 46.7 Å². The smallest absolute Gasteiger partial charge is 0.490 e. The van der Waals surface area contributed by atoms with Gasteiger partial charge in [0.1, 0.15) is 12.4 Å². The van der Waals surface area contributed by atoms with E-state index in [0.29, 0.717) is 6.61 Å². The van der Waals surface area contributed by atoms with Crippen molar-refractivity contribution in [2.75, 3.05) is 13.2 Å². The summed E-state index contributed by atoms with van der Waals surface area (Å²) in [5, 5.41) is 20.0. The Hall–Kier alpha value is -3.87. The van der Waals surface area contributed by atoms with Gasteiger partial charge in [0.05, 0.1) is 0 Å². The van der Waals surface area contributed by atoms with Gasteiger partial charge in [-0.1, -0.05) is 42.5 Å². The molecule has 4 rings (SSSR count). The van der Waals surface area contributed by atoms with Gasteiger partial charge in [0.25, 0.3) is 0 Å². The third kappa shape index (κ3) is 7.84. The van der Waals surface area contributed by atoms with Crippen LogP contribution in [0.3, 0.4) is 0 Å². The molecule has 13 heteroatoms. The van der Waals surface area contributed by atoms with Crippen molar-refractivity contribution >= 4 is 22.7 Å². The third-order valence-corrected chi connectivity index (χ3v) is 4.38. The Morgan fingerprint density at radius 2 is 1.46 bits per heavy atom. The molecule has 3 aromatic rings. The number of halogens is 6. The summed E-state index contributed by atoms with van der Waals surface area (Å²) in [4.78, 5) is 22.2. The number of carbonyl (C=O) groups is 2. The van der Waals surface area contributed by atoms with Gasteiger partial charge in [0, 0.05) is 47.6 Å². The van der Waals surface area contributed by atoms with Crippen LogP contribution in [0.2, 0.25) is 0 Å². The lowest BCUT2D eigenvalue weighted by Gasteiger charge is -2.14. The van der Waals surface area contributed by atoms with E-state index in [1.165, 1.54) is 10.9 Å². The van der Waals surface area contributed by atoms with Crippen molar-refractivity contribution in [2.24, 2.45) is 0 Å². The second-order valence-corrected chi connectivity index (χ2v) is 6.83. The Labute approximate surface area is 194 Å². The first-order valence-corrected chi connectivity index (χ1v) is 9.71. The quantitative estimate of drug-likeness (QED) is 0.414. The second kappa shape index (κ2) is 11.5. The maximum Gasteiger partial charge on any atom is 0.490 e. The molecule has 0 atom stereocenters. The second-order valence-electron chi connectivity index (χ2n) is 6.83. The fraction of sp³-hybridized carbons (Fsp3) is 0.227. The monoisotopic (exact) mass is 504 g/mol. The van der Waals surface area contributed by atoms with E-state index < -0.39 is 24.3 Å². The van der Waals surface area contributed by atoms with Gasteiger partial charge in [0.15, 0.2) is 0 Å². The number of carboxylic acids is 2. The minimum Gasteiger partial charge on any atom is -0.491 e. The molecule has 0 unspecified atom stereocenters. The SMILES string of the molecule is O=C(O)C(F)(F)F.O=C(O)C(F)(F)F.c1cc2c(c(-c3cncc4ccccc34)c1)OCCNC2. The maximum absolute atomic E-state index is 10.6. The molecule has 2 aromatic carbocycles. The molecule has 3 N–H and O–H groups in total. The molecular formula is C22H18F6N2O5. The van der Waals surface area contributed by atoms with Gasteiger partial charge in [-0.3, -0.25) is 4.98 Å². The molecule has 7 nitrogen and oxygen atoms in total. The number of nitrogens with zero attached hydrogens (tertiary/aromatic N) is 1. The fourth-order valence-corrected chi connectivity index (χ4v) is 2.89. The molecule has 188 valence electrons. The zero-order valence-electron chi connectivity index (χ0n) is 17.7. The molecule has 1 aliphatic rings. The molecule has 1 aromatic heterocycles. The summed E-state index contributed by atoms with van der Waals surface area (Å²) in [7, 11) is 0.